The van der Waals surface area contributed by atoms with Crippen LogP contribution in [0.4, 0.5) is 11.4 Å². The fourth-order valence-corrected chi connectivity index (χ4v) is 6.31. The predicted molar refractivity (Wildman–Crippen MR) is 142 cm³/mol. The van der Waals surface area contributed by atoms with Crippen LogP contribution in [0, 0.1) is 0 Å². The zero-order valence-corrected chi connectivity index (χ0v) is 21.2. The number of hydrogen-bond acceptors (Lipinski definition) is 5. The fraction of sp³-hybridized carbons (Fsp3) is 0.286. The van der Waals surface area contributed by atoms with E-state index in [1.807, 2.05) is 6.07 Å². The van der Waals surface area contributed by atoms with Crippen molar-refractivity contribution in [1.82, 2.24) is 4.90 Å². The molecule has 0 aliphatic carbocycles. The molecule has 192 valence electrons. The molecule has 0 aromatic heterocycles. The van der Waals surface area contributed by atoms with Gasteiger partial charge in [-0.3, -0.25) is 13.9 Å². The lowest BCUT2D eigenvalue weighted by atomic mass is 10.1. The number of sulfonamides is 1. The van der Waals surface area contributed by atoms with Gasteiger partial charge < -0.3 is 15.0 Å². The van der Waals surface area contributed by atoms with E-state index in [0.717, 1.165) is 19.3 Å². The van der Waals surface area contributed by atoms with Crippen molar-refractivity contribution in [3.05, 3.63) is 90.0 Å². The number of ether oxygens (including phenoxy) is 1. The zero-order valence-electron chi connectivity index (χ0n) is 20.4. The van der Waals surface area contributed by atoms with Crippen molar-refractivity contribution in [3.63, 3.8) is 0 Å². The van der Waals surface area contributed by atoms with E-state index in [1.54, 1.807) is 77.7 Å². The third kappa shape index (κ3) is 5.46. The molecule has 1 N–H and O–H groups in total. The molecule has 0 unspecified atom stereocenters. The standard InChI is InChI=1S/C28H29N3O5S/c32-27(29-23-14-6-5-13-22(23)28(33)30-17-9-2-10-18-30)26-19-31(24-15-7-8-16-25(24)36-26)37(34,35)20-21-11-3-1-4-12-21/h1,3-8,11-16,26H,2,9-10,17-20H2,(H,29,32)/t26-/m0/s1. The number of benzene rings is 3. The number of piperidine rings is 1. The zero-order chi connectivity index (χ0) is 25.8. The first kappa shape index (κ1) is 24.8. The van der Waals surface area contributed by atoms with E-state index in [1.165, 1.54) is 4.31 Å². The van der Waals surface area contributed by atoms with Crippen molar-refractivity contribution in [2.75, 3.05) is 29.3 Å². The molecule has 2 aliphatic rings. The lowest BCUT2D eigenvalue weighted by Crippen LogP contribution is -2.49. The molecule has 0 radical (unpaired) electrons. The number of likely N-dealkylation sites (tertiary alicyclic amines) is 1. The van der Waals surface area contributed by atoms with Gasteiger partial charge in [-0.15, -0.1) is 0 Å². The molecule has 2 heterocycles. The van der Waals surface area contributed by atoms with Crippen molar-refractivity contribution >= 4 is 33.2 Å². The number of nitrogens with one attached hydrogen (secondary N) is 1. The summed E-state index contributed by atoms with van der Waals surface area (Å²) >= 11 is 0. The molecule has 2 amide bonds. The molecule has 0 bridgehead atoms. The third-order valence-electron chi connectivity index (χ3n) is 6.61. The second-order valence-corrected chi connectivity index (χ2v) is 11.1. The Bertz CT molecular complexity index is 1390. The first-order chi connectivity index (χ1) is 17.9. The average Bonchev–Trinajstić information content (AvgIpc) is 2.93. The summed E-state index contributed by atoms with van der Waals surface area (Å²) in [4.78, 5) is 28.3. The van der Waals surface area contributed by atoms with Gasteiger partial charge in [0.25, 0.3) is 11.8 Å². The molecular weight excluding hydrogens is 490 g/mol. The Morgan fingerprint density at radius 1 is 0.865 bits per heavy atom. The summed E-state index contributed by atoms with van der Waals surface area (Å²) in [7, 11) is -3.81. The fourth-order valence-electron chi connectivity index (χ4n) is 4.72. The Morgan fingerprint density at radius 3 is 2.32 bits per heavy atom. The Morgan fingerprint density at radius 2 is 1.54 bits per heavy atom. The molecule has 1 saturated heterocycles. The molecule has 0 saturated carbocycles. The van der Waals surface area contributed by atoms with E-state index in [0.29, 0.717) is 41.3 Å². The minimum absolute atomic E-state index is 0.127. The first-order valence-electron chi connectivity index (χ1n) is 12.4. The summed E-state index contributed by atoms with van der Waals surface area (Å²) in [5.41, 5.74) is 1.83. The molecule has 2 aliphatic heterocycles. The van der Waals surface area contributed by atoms with Crippen molar-refractivity contribution < 1.29 is 22.7 Å². The number of rotatable bonds is 6. The van der Waals surface area contributed by atoms with Gasteiger partial charge in [-0.2, -0.15) is 0 Å². The number of anilines is 2. The van der Waals surface area contributed by atoms with Crippen molar-refractivity contribution in [3.8, 4) is 5.75 Å². The van der Waals surface area contributed by atoms with E-state index in [4.69, 9.17) is 4.74 Å². The SMILES string of the molecule is O=C(Nc1ccccc1C(=O)N1CCCCC1)[C@@H]1CN(S(=O)(=O)Cc2ccccc2)c2ccccc2O1. The Balaban J connectivity index is 1.38. The van der Waals surface area contributed by atoms with Gasteiger partial charge in [0, 0.05) is 13.1 Å². The summed E-state index contributed by atoms with van der Waals surface area (Å²) in [6.07, 6.45) is 1.93. The number of amides is 2. The lowest BCUT2D eigenvalue weighted by molar-refractivity contribution is -0.122. The van der Waals surface area contributed by atoms with Gasteiger partial charge >= 0.3 is 0 Å². The second kappa shape index (κ2) is 10.6. The molecular formula is C28H29N3O5S. The predicted octanol–water partition coefficient (Wildman–Crippen LogP) is 4.05. The minimum Gasteiger partial charge on any atom is -0.476 e. The van der Waals surface area contributed by atoms with Crippen LogP contribution in [0.2, 0.25) is 0 Å². The highest BCUT2D eigenvalue weighted by Crippen LogP contribution is 2.36. The van der Waals surface area contributed by atoms with Crippen LogP contribution in [0.1, 0.15) is 35.2 Å². The Hall–Kier alpha value is -3.85. The highest BCUT2D eigenvalue weighted by Gasteiger charge is 2.37. The van der Waals surface area contributed by atoms with E-state index in [-0.39, 0.29) is 18.2 Å². The highest BCUT2D eigenvalue weighted by molar-refractivity contribution is 7.92. The molecule has 0 spiro atoms. The van der Waals surface area contributed by atoms with Crippen LogP contribution in [0.15, 0.2) is 78.9 Å². The van der Waals surface area contributed by atoms with Gasteiger partial charge in [-0.25, -0.2) is 8.42 Å². The van der Waals surface area contributed by atoms with Crippen molar-refractivity contribution in [1.29, 1.82) is 0 Å². The first-order valence-corrected chi connectivity index (χ1v) is 14.0. The summed E-state index contributed by atoms with van der Waals surface area (Å²) in [5, 5.41) is 2.82. The number of carbonyl (C=O) groups is 2. The minimum atomic E-state index is -3.81. The summed E-state index contributed by atoms with van der Waals surface area (Å²) in [6.45, 7) is 1.20. The maximum Gasteiger partial charge on any atom is 0.267 e. The van der Waals surface area contributed by atoms with Gasteiger partial charge in [0.15, 0.2) is 6.10 Å². The van der Waals surface area contributed by atoms with Gasteiger partial charge in [-0.05, 0) is 49.1 Å². The number of hydrogen-bond donors (Lipinski definition) is 1. The highest BCUT2D eigenvalue weighted by atomic mass is 32.2. The number of carbonyl (C=O) groups excluding carboxylic acids is 2. The van der Waals surface area contributed by atoms with E-state index in [9.17, 15) is 18.0 Å². The molecule has 9 heteroatoms. The van der Waals surface area contributed by atoms with Crippen molar-refractivity contribution in [2.45, 2.75) is 31.1 Å². The topological polar surface area (TPSA) is 96.0 Å². The Labute approximate surface area is 216 Å². The summed E-state index contributed by atoms with van der Waals surface area (Å²) < 4.78 is 34.1. The molecule has 37 heavy (non-hydrogen) atoms. The molecule has 1 fully saturated rings. The van der Waals surface area contributed by atoms with Crippen molar-refractivity contribution in [2.24, 2.45) is 0 Å². The van der Waals surface area contributed by atoms with Gasteiger partial charge in [0.2, 0.25) is 10.0 Å². The monoisotopic (exact) mass is 519 g/mol. The summed E-state index contributed by atoms with van der Waals surface area (Å²) in [5.74, 6) is -0.543. The largest absolute Gasteiger partial charge is 0.476 e. The second-order valence-electron chi connectivity index (χ2n) is 9.23. The average molecular weight is 520 g/mol. The Kier molecular flexibility index (Phi) is 7.14. The van der Waals surface area contributed by atoms with E-state index >= 15 is 0 Å². The third-order valence-corrected chi connectivity index (χ3v) is 8.33. The van der Waals surface area contributed by atoms with Crippen LogP contribution in [0.5, 0.6) is 5.75 Å². The van der Waals surface area contributed by atoms with Crippen LogP contribution >= 0.6 is 0 Å². The van der Waals surface area contributed by atoms with E-state index < -0.39 is 22.0 Å². The quantitative estimate of drug-likeness (QED) is 0.530. The van der Waals surface area contributed by atoms with Gasteiger partial charge in [0.1, 0.15) is 5.75 Å². The summed E-state index contributed by atoms with van der Waals surface area (Å²) in [6, 6.07) is 22.6. The van der Waals surface area contributed by atoms with Crippen LogP contribution in [-0.4, -0.2) is 50.9 Å². The molecule has 5 rings (SSSR count). The number of fused-ring (bicyclic) bond motifs is 1. The molecule has 8 nitrogen and oxygen atoms in total. The molecule has 1 atom stereocenters. The van der Waals surface area contributed by atoms with Crippen LogP contribution in [0.25, 0.3) is 0 Å². The number of para-hydroxylation sites is 3. The van der Waals surface area contributed by atoms with Crippen LogP contribution in [-0.2, 0) is 20.6 Å². The maximum atomic E-state index is 13.5. The van der Waals surface area contributed by atoms with Gasteiger partial charge in [0.05, 0.1) is 29.2 Å². The molecule has 3 aromatic rings. The van der Waals surface area contributed by atoms with E-state index in [2.05, 4.69) is 5.32 Å². The normalized spacial score (nSPS) is 17.5. The lowest BCUT2D eigenvalue weighted by Gasteiger charge is -2.35. The van der Waals surface area contributed by atoms with Crippen LogP contribution in [0.3, 0.4) is 0 Å². The number of nitrogens with zero attached hydrogens (tertiary/aromatic N) is 2. The van der Waals surface area contributed by atoms with Crippen LogP contribution < -0.4 is 14.4 Å². The smallest absolute Gasteiger partial charge is 0.267 e. The van der Waals surface area contributed by atoms with Gasteiger partial charge in [-0.1, -0.05) is 54.6 Å². The molecule has 3 aromatic carbocycles. The maximum absolute atomic E-state index is 13.5.